The number of carboxylic acid groups (broad SMARTS) is 1. The van der Waals surface area contributed by atoms with E-state index in [4.69, 9.17) is 20.4 Å². The van der Waals surface area contributed by atoms with Crippen LogP contribution in [0.15, 0.2) is 57.7 Å². The number of sulfonamides is 1. The Morgan fingerprint density at radius 3 is 2.34 bits per heavy atom. The standard InChI is InChI=1S/C17H13N5O6S/c1-11(23)20-13-2-4-14(5-3-13)29(26,27)22-15(12(8-18)9-19)6-7-16(21-22)28-10-17(24)25/h2-7H,10H2,1H3,(H,20,23)(H,24,25). The molecule has 0 bridgehead atoms. The second kappa shape index (κ2) is 8.69. The zero-order chi connectivity index (χ0) is 21.6. The van der Waals surface area contributed by atoms with E-state index in [1.807, 2.05) is 0 Å². The predicted molar refractivity (Wildman–Crippen MR) is 98.2 cm³/mol. The maximum absolute atomic E-state index is 13.0. The number of allylic oxidation sites excluding steroid dienone is 2. The number of hydrazone groups is 1. The van der Waals surface area contributed by atoms with E-state index in [1.165, 1.54) is 31.2 Å². The first kappa shape index (κ1) is 21.1. The SMILES string of the molecule is CC(=O)Nc1ccc(S(=O)(=O)N2N=C(OCC(=O)O)C=CC2=C(C#N)C#N)cc1. The fourth-order valence-electron chi connectivity index (χ4n) is 2.12. The summed E-state index contributed by atoms with van der Waals surface area (Å²) in [5.41, 5.74) is -0.501. The molecule has 1 amide bonds. The van der Waals surface area contributed by atoms with Gasteiger partial charge in [0, 0.05) is 18.7 Å². The van der Waals surface area contributed by atoms with Crippen LogP contribution in [0, 0.1) is 22.7 Å². The molecule has 1 aliphatic heterocycles. The number of carbonyl (C=O) groups excluding carboxylic acids is 1. The number of anilines is 1. The van der Waals surface area contributed by atoms with E-state index in [0.717, 1.165) is 12.2 Å². The lowest BCUT2D eigenvalue weighted by Gasteiger charge is -2.23. The van der Waals surface area contributed by atoms with Crippen molar-refractivity contribution < 1.29 is 27.9 Å². The molecule has 1 aromatic carbocycles. The fourth-order valence-corrected chi connectivity index (χ4v) is 3.40. The van der Waals surface area contributed by atoms with Crippen molar-refractivity contribution in [3.8, 4) is 12.1 Å². The number of aliphatic carboxylic acids is 1. The van der Waals surface area contributed by atoms with Gasteiger partial charge in [-0.2, -0.15) is 18.9 Å². The molecule has 0 aromatic heterocycles. The number of nitrogens with zero attached hydrogens (tertiary/aromatic N) is 4. The summed E-state index contributed by atoms with van der Waals surface area (Å²) in [4.78, 5) is 21.5. The number of carbonyl (C=O) groups is 2. The third kappa shape index (κ3) is 4.97. The molecule has 0 fully saturated rings. The highest BCUT2D eigenvalue weighted by atomic mass is 32.2. The Balaban J connectivity index is 2.51. The third-order valence-electron chi connectivity index (χ3n) is 3.30. The lowest BCUT2D eigenvalue weighted by atomic mass is 10.2. The second-order valence-electron chi connectivity index (χ2n) is 5.39. The first-order valence-corrected chi connectivity index (χ1v) is 9.21. The van der Waals surface area contributed by atoms with Crippen LogP contribution in [0.2, 0.25) is 0 Å². The highest BCUT2D eigenvalue weighted by Gasteiger charge is 2.31. The molecule has 1 aliphatic rings. The van der Waals surface area contributed by atoms with E-state index >= 15 is 0 Å². The van der Waals surface area contributed by atoms with Gasteiger partial charge in [-0.15, -0.1) is 9.52 Å². The molecule has 1 aromatic rings. The van der Waals surface area contributed by atoms with E-state index in [0.29, 0.717) is 10.1 Å². The molecular formula is C17H13N5O6S. The molecular weight excluding hydrogens is 402 g/mol. The average Bonchev–Trinajstić information content (AvgIpc) is 2.67. The molecule has 1 heterocycles. The number of amides is 1. The van der Waals surface area contributed by atoms with E-state index in [1.54, 1.807) is 12.1 Å². The summed E-state index contributed by atoms with van der Waals surface area (Å²) in [7, 11) is -4.40. The van der Waals surface area contributed by atoms with Crippen molar-refractivity contribution in [1.82, 2.24) is 4.41 Å². The summed E-state index contributed by atoms with van der Waals surface area (Å²) >= 11 is 0. The van der Waals surface area contributed by atoms with Crippen LogP contribution < -0.4 is 5.32 Å². The van der Waals surface area contributed by atoms with Crippen molar-refractivity contribution in [3.05, 3.63) is 47.7 Å². The normalized spacial score (nSPS) is 13.0. The highest BCUT2D eigenvalue weighted by molar-refractivity contribution is 7.89. The Hall–Kier alpha value is -4.16. The van der Waals surface area contributed by atoms with Crippen molar-refractivity contribution in [2.24, 2.45) is 5.10 Å². The zero-order valence-electron chi connectivity index (χ0n) is 14.9. The van der Waals surface area contributed by atoms with Crippen molar-refractivity contribution in [1.29, 1.82) is 10.5 Å². The molecule has 0 atom stereocenters. The molecule has 0 saturated carbocycles. The van der Waals surface area contributed by atoms with Gasteiger partial charge in [-0.25, -0.2) is 4.79 Å². The van der Waals surface area contributed by atoms with Crippen LogP contribution in [0.5, 0.6) is 0 Å². The van der Waals surface area contributed by atoms with Crippen LogP contribution in [-0.2, 0) is 24.3 Å². The number of nitriles is 2. The largest absolute Gasteiger partial charge is 0.479 e. The predicted octanol–water partition coefficient (Wildman–Crippen LogP) is 0.921. The summed E-state index contributed by atoms with van der Waals surface area (Å²) in [6, 6.07) is 8.25. The minimum Gasteiger partial charge on any atom is -0.479 e. The average molecular weight is 415 g/mol. The number of carboxylic acids is 1. The molecule has 2 N–H and O–H groups in total. The first-order chi connectivity index (χ1) is 13.7. The smallest absolute Gasteiger partial charge is 0.341 e. The molecule has 0 unspecified atom stereocenters. The van der Waals surface area contributed by atoms with Crippen LogP contribution >= 0.6 is 0 Å². The minimum absolute atomic E-state index is 0.254. The summed E-state index contributed by atoms with van der Waals surface area (Å²) in [5, 5.41) is 33.1. The van der Waals surface area contributed by atoms with Gasteiger partial charge in [0.15, 0.2) is 12.2 Å². The summed E-state index contributed by atoms with van der Waals surface area (Å²) in [6.45, 7) is 0.519. The number of benzene rings is 1. The molecule has 0 aliphatic carbocycles. The molecule has 148 valence electrons. The van der Waals surface area contributed by atoms with Gasteiger partial charge < -0.3 is 15.2 Å². The summed E-state index contributed by atoms with van der Waals surface area (Å²) in [6.07, 6.45) is 2.24. The molecule has 0 spiro atoms. The fraction of sp³-hybridized carbons (Fsp3) is 0.118. The van der Waals surface area contributed by atoms with Crippen LogP contribution in [0.1, 0.15) is 6.92 Å². The molecule has 0 radical (unpaired) electrons. The number of nitrogens with one attached hydrogen (secondary N) is 1. The Morgan fingerprint density at radius 2 is 1.83 bits per heavy atom. The van der Waals surface area contributed by atoms with Gasteiger partial charge in [-0.05, 0) is 30.3 Å². The first-order valence-electron chi connectivity index (χ1n) is 7.77. The monoisotopic (exact) mass is 415 g/mol. The van der Waals surface area contributed by atoms with Crippen LogP contribution in [0.25, 0.3) is 0 Å². The summed E-state index contributed by atoms with van der Waals surface area (Å²) in [5.74, 6) is -1.99. The maximum atomic E-state index is 13.0. The zero-order valence-corrected chi connectivity index (χ0v) is 15.7. The van der Waals surface area contributed by atoms with E-state index in [9.17, 15) is 18.0 Å². The lowest BCUT2D eigenvalue weighted by molar-refractivity contribution is -0.139. The van der Waals surface area contributed by atoms with Crippen LogP contribution in [0.4, 0.5) is 5.69 Å². The van der Waals surface area contributed by atoms with Gasteiger partial charge >= 0.3 is 5.97 Å². The van der Waals surface area contributed by atoms with Crippen molar-refractivity contribution >= 4 is 33.5 Å². The number of hydrogen-bond donors (Lipinski definition) is 2. The number of rotatable bonds is 5. The highest BCUT2D eigenvalue weighted by Crippen LogP contribution is 2.27. The van der Waals surface area contributed by atoms with Gasteiger partial charge in [0.05, 0.1) is 4.90 Å². The molecule has 0 saturated heterocycles. The Kier molecular flexibility index (Phi) is 6.33. The number of ether oxygens (including phenoxy) is 1. The third-order valence-corrected chi connectivity index (χ3v) is 4.90. The van der Waals surface area contributed by atoms with Gasteiger partial charge in [0.2, 0.25) is 11.8 Å². The van der Waals surface area contributed by atoms with Gasteiger partial charge in [0.1, 0.15) is 17.8 Å². The van der Waals surface area contributed by atoms with Crippen molar-refractivity contribution in [3.63, 3.8) is 0 Å². The van der Waals surface area contributed by atoms with Crippen molar-refractivity contribution in [2.75, 3.05) is 11.9 Å². The summed E-state index contributed by atoms with van der Waals surface area (Å²) < 4.78 is 31.3. The van der Waals surface area contributed by atoms with Crippen molar-refractivity contribution in [2.45, 2.75) is 11.8 Å². The van der Waals surface area contributed by atoms with Crippen LogP contribution in [-0.4, -0.2) is 42.3 Å². The Bertz CT molecular complexity index is 1100. The van der Waals surface area contributed by atoms with Gasteiger partial charge in [-0.1, -0.05) is 0 Å². The van der Waals surface area contributed by atoms with E-state index in [2.05, 4.69) is 10.4 Å². The Morgan fingerprint density at radius 1 is 1.21 bits per heavy atom. The van der Waals surface area contributed by atoms with Gasteiger partial charge in [-0.3, -0.25) is 4.79 Å². The van der Waals surface area contributed by atoms with Crippen LogP contribution in [0.3, 0.4) is 0 Å². The minimum atomic E-state index is -4.40. The second-order valence-corrected chi connectivity index (χ2v) is 7.16. The van der Waals surface area contributed by atoms with E-state index in [-0.39, 0.29) is 22.4 Å². The van der Waals surface area contributed by atoms with Gasteiger partial charge in [0.25, 0.3) is 10.0 Å². The lowest BCUT2D eigenvalue weighted by Crippen LogP contribution is -2.30. The number of hydrogen-bond acceptors (Lipinski definition) is 8. The maximum Gasteiger partial charge on any atom is 0.341 e. The molecule has 11 nitrogen and oxygen atoms in total. The molecule has 12 heteroatoms. The topological polar surface area (TPSA) is 173 Å². The Labute approximate surface area is 165 Å². The molecule has 29 heavy (non-hydrogen) atoms. The quantitative estimate of drug-likeness (QED) is 0.668. The van der Waals surface area contributed by atoms with E-state index < -0.39 is 28.2 Å². The molecule has 2 rings (SSSR count).